The molecule has 0 saturated heterocycles. The molecule has 21 heavy (non-hydrogen) atoms. The second kappa shape index (κ2) is 4.26. The zero-order chi connectivity index (χ0) is 14.6. The summed E-state index contributed by atoms with van der Waals surface area (Å²) in [6.45, 7) is 1.94. The van der Waals surface area contributed by atoms with Crippen LogP contribution in [0.3, 0.4) is 0 Å². The van der Waals surface area contributed by atoms with E-state index >= 15 is 0 Å². The summed E-state index contributed by atoms with van der Waals surface area (Å²) in [6.07, 6.45) is 0. The van der Waals surface area contributed by atoms with Crippen LogP contribution in [-0.4, -0.2) is 0 Å². The SMILES string of the molecule is Cc1ccc(F)c2c1ccc1ccc3cccc(F)c3c12. The molecule has 0 aliphatic carbocycles. The average molecular weight is 278 g/mol. The monoisotopic (exact) mass is 278 g/mol. The first kappa shape index (κ1) is 12.3. The van der Waals surface area contributed by atoms with Crippen molar-refractivity contribution in [2.24, 2.45) is 0 Å². The van der Waals surface area contributed by atoms with Crippen molar-refractivity contribution in [1.29, 1.82) is 0 Å². The first-order valence-electron chi connectivity index (χ1n) is 6.85. The number of hydrogen-bond donors (Lipinski definition) is 0. The van der Waals surface area contributed by atoms with Crippen LogP contribution in [0, 0.1) is 18.6 Å². The van der Waals surface area contributed by atoms with Crippen molar-refractivity contribution in [1.82, 2.24) is 0 Å². The summed E-state index contributed by atoms with van der Waals surface area (Å²) < 4.78 is 28.8. The van der Waals surface area contributed by atoms with E-state index in [1.165, 1.54) is 12.1 Å². The van der Waals surface area contributed by atoms with Gasteiger partial charge in [0.2, 0.25) is 0 Å². The number of hydrogen-bond acceptors (Lipinski definition) is 0. The van der Waals surface area contributed by atoms with Crippen LogP contribution in [0.1, 0.15) is 5.56 Å². The van der Waals surface area contributed by atoms with E-state index in [0.717, 1.165) is 21.7 Å². The third-order valence-electron chi connectivity index (χ3n) is 4.12. The van der Waals surface area contributed by atoms with E-state index in [4.69, 9.17) is 0 Å². The van der Waals surface area contributed by atoms with Gasteiger partial charge in [-0.3, -0.25) is 0 Å². The second-order valence-electron chi connectivity index (χ2n) is 5.35. The summed E-state index contributed by atoms with van der Waals surface area (Å²) in [5, 5.41) is 4.12. The van der Waals surface area contributed by atoms with E-state index in [-0.39, 0.29) is 11.6 Å². The molecule has 102 valence electrons. The fourth-order valence-electron chi connectivity index (χ4n) is 3.10. The van der Waals surface area contributed by atoms with Gasteiger partial charge in [0.05, 0.1) is 0 Å². The molecular weight excluding hydrogens is 266 g/mol. The highest BCUT2D eigenvalue weighted by atomic mass is 19.1. The van der Waals surface area contributed by atoms with Gasteiger partial charge >= 0.3 is 0 Å². The maximum absolute atomic E-state index is 14.4. The standard InChI is InChI=1S/C19H12F2/c1-11-5-10-16(21)19-14(11)9-8-13-7-6-12-3-2-4-15(20)17(12)18(13)19/h2-10H,1H3. The molecule has 0 amide bonds. The van der Waals surface area contributed by atoms with Crippen molar-refractivity contribution < 1.29 is 8.78 Å². The van der Waals surface area contributed by atoms with Crippen molar-refractivity contribution in [3.8, 4) is 0 Å². The molecule has 0 heterocycles. The predicted molar refractivity (Wildman–Crippen MR) is 83.6 cm³/mol. The minimum Gasteiger partial charge on any atom is -0.206 e. The topological polar surface area (TPSA) is 0 Å². The van der Waals surface area contributed by atoms with Gasteiger partial charge in [-0.2, -0.15) is 0 Å². The Hall–Kier alpha value is -2.48. The van der Waals surface area contributed by atoms with Gasteiger partial charge in [-0.05, 0) is 40.8 Å². The first-order valence-corrected chi connectivity index (χ1v) is 6.85. The largest absolute Gasteiger partial charge is 0.206 e. The Labute approximate surface area is 120 Å². The number of fused-ring (bicyclic) bond motifs is 5. The van der Waals surface area contributed by atoms with E-state index in [9.17, 15) is 8.78 Å². The zero-order valence-corrected chi connectivity index (χ0v) is 11.5. The summed E-state index contributed by atoms with van der Waals surface area (Å²) in [5.74, 6) is -0.622. The minimum absolute atomic E-state index is 0.308. The Morgan fingerprint density at radius 1 is 0.619 bits per heavy atom. The Kier molecular flexibility index (Phi) is 2.49. The lowest BCUT2D eigenvalue weighted by Crippen LogP contribution is -1.89. The Balaban J connectivity index is 2.43. The predicted octanol–water partition coefficient (Wildman–Crippen LogP) is 5.73. The molecule has 0 saturated carbocycles. The lowest BCUT2D eigenvalue weighted by molar-refractivity contribution is 0.639. The van der Waals surface area contributed by atoms with Gasteiger partial charge in [0, 0.05) is 16.2 Å². The fourth-order valence-corrected chi connectivity index (χ4v) is 3.10. The van der Waals surface area contributed by atoms with E-state index in [2.05, 4.69) is 0 Å². The molecule has 0 atom stereocenters. The highest BCUT2D eigenvalue weighted by Crippen LogP contribution is 2.35. The van der Waals surface area contributed by atoms with Crippen LogP contribution in [0.15, 0.2) is 54.6 Å². The maximum Gasteiger partial charge on any atom is 0.131 e. The number of aryl methyl sites for hydroxylation is 1. The molecule has 0 radical (unpaired) electrons. The number of rotatable bonds is 0. The highest BCUT2D eigenvalue weighted by Gasteiger charge is 2.12. The molecule has 0 nitrogen and oxygen atoms in total. The molecule has 0 aliphatic heterocycles. The molecular formula is C19H12F2. The van der Waals surface area contributed by atoms with Gasteiger partial charge in [-0.15, -0.1) is 0 Å². The minimum atomic E-state index is -0.313. The van der Waals surface area contributed by atoms with Gasteiger partial charge in [-0.25, -0.2) is 8.78 Å². The lowest BCUT2D eigenvalue weighted by atomic mass is 9.94. The van der Waals surface area contributed by atoms with Crippen molar-refractivity contribution in [3.63, 3.8) is 0 Å². The van der Waals surface area contributed by atoms with E-state index in [1.807, 2.05) is 37.3 Å². The summed E-state index contributed by atoms with van der Waals surface area (Å²) in [4.78, 5) is 0. The summed E-state index contributed by atoms with van der Waals surface area (Å²) in [5.41, 5.74) is 0.988. The van der Waals surface area contributed by atoms with Gasteiger partial charge in [0.1, 0.15) is 11.6 Å². The van der Waals surface area contributed by atoms with E-state index in [1.54, 1.807) is 12.1 Å². The molecule has 0 fully saturated rings. The van der Waals surface area contributed by atoms with Crippen LogP contribution in [0.4, 0.5) is 8.78 Å². The van der Waals surface area contributed by atoms with Crippen LogP contribution < -0.4 is 0 Å². The maximum atomic E-state index is 14.4. The van der Waals surface area contributed by atoms with Crippen LogP contribution in [0.25, 0.3) is 32.3 Å². The third kappa shape index (κ3) is 1.65. The molecule has 4 aromatic carbocycles. The summed E-state index contributed by atoms with van der Waals surface area (Å²) in [7, 11) is 0. The molecule has 0 spiro atoms. The quantitative estimate of drug-likeness (QED) is 0.360. The molecule has 4 aromatic rings. The number of halogens is 2. The van der Waals surface area contributed by atoms with Crippen LogP contribution in [0.5, 0.6) is 0 Å². The normalized spacial score (nSPS) is 11.6. The van der Waals surface area contributed by atoms with E-state index in [0.29, 0.717) is 16.2 Å². The van der Waals surface area contributed by atoms with Crippen LogP contribution in [-0.2, 0) is 0 Å². The van der Waals surface area contributed by atoms with Crippen molar-refractivity contribution >= 4 is 32.3 Å². The van der Waals surface area contributed by atoms with Gasteiger partial charge in [0.25, 0.3) is 0 Å². The molecule has 0 N–H and O–H groups in total. The third-order valence-corrected chi connectivity index (χ3v) is 4.12. The summed E-state index contributed by atoms with van der Waals surface area (Å²) in [6, 6.07) is 15.8. The van der Waals surface area contributed by atoms with Crippen LogP contribution >= 0.6 is 0 Å². The number of benzene rings is 4. The first-order chi connectivity index (χ1) is 10.2. The highest BCUT2D eigenvalue weighted by molar-refractivity contribution is 6.20. The Bertz CT molecular complexity index is 1020. The van der Waals surface area contributed by atoms with Crippen molar-refractivity contribution in [3.05, 3.63) is 71.8 Å². The molecule has 2 heteroatoms. The Morgan fingerprint density at radius 2 is 1.29 bits per heavy atom. The molecule has 0 bridgehead atoms. The Morgan fingerprint density at radius 3 is 2.10 bits per heavy atom. The van der Waals surface area contributed by atoms with Crippen molar-refractivity contribution in [2.45, 2.75) is 6.92 Å². The van der Waals surface area contributed by atoms with Crippen molar-refractivity contribution in [2.75, 3.05) is 0 Å². The zero-order valence-electron chi connectivity index (χ0n) is 11.5. The lowest BCUT2D eigenvalue weighted by Gasteiger charge is -2.11. The van der Waals surface area contributed by atoms with E-state index < -0.39 is 0 Å². The molecule has 0 aliphatic rings. The van der Waals surface area contributed by atoms with Gasteiger partial charge < -0.3 is 0 Å². The molecule has 4 rings (SSSR count). The molecule has 0 aromatic heterocycles. The average Bonchev–Trinajstić information content (AvgIpc) is 2.50. The second-order valence-corrected chi connectivity index (χ2v) is 5.35. The summed E-state index contributed by atoms with van der Waals surface area (Å²) >= 11 is 0. The fraction of sp³-hybridized carbons (Fsp3) is 0.0526. The smallest absolute Gasteiger partial charge is 0.131 e. The van der Waals surface area contributed by atoms with Gasteiger partial charge in [0.15, 0.2) is 0 Å². The molecule has 0 unspecified atom stereocenters. The van der Waals surface area contributed by atoms with Gasteiger partial charge in [-0.1, -0.05) is 42.5 Å². The van der Waals surface area contributed by atoms with Crippen LogP contribution in [0.2, 0.25) is 0 Å².